The van der Waals surface area contributed by atoms with Crippen molar-refractivity contribution in [1.29, 1.82) is 0 Å². The predicted molar refractivity (Wildman–Crippen MR) is 127 cm³/mol. The summed E-state index contributed by atoms with van der Waals surface area (Å²) in [6.45, 7) is 6.07. The van der Waals surface area contributed by atoms with Crippen LogP contribution in [0.4, 0.5) is 0 Å². The van der Waals surface area contributed by atoms with Gasteiger partial charge in [0.1, 0.15) is 0 Å². The molecule has 3 rings (SSSR count). The maximum Gasteiger partial charge on any atom is 0.236 e. The highest BCUT2D eigenvalue weighted by Crippen LogP contribution is 2.29. The Morgan fingerprint density at radius 1 is 0.938 bits per heavy atom. The third kappa shape index (κ3) is 7.41. The minimum Gasteiger partial charge on any atom is -0.300 e. The van der Waals surface area contributed by atoms with Gasteiger partial charge in [-0.15, -0.1) is 4.83 Å². The predicted octanol–water partition coefficient (Wildman–Crippen LogP) is 2.53. The Morgan fingerprint density at radius 2 is 1.50 bits per heavy atom. The van der Waals surface area contributed by atoms with Crippen LogP contribution in [0.3, 0.4) is 0 Å². The van der Waals surface area contributed by atoms with Crippen LogP contribution in [0.15, 0.2) is 60.7 Å². The molecule has 0 aliphatic carbocycles. The smallest absolute Gasteiger partial charge is 0.236 e. The first-order valence-electron chi connectivity index (χ1n) is 11.3. The van der Waals surface area contributed by atoms with E-state index in [-0.39, 0.29) is 24.1 Å². The van der Waals surface area contributed by atoms with E-state index in [0.29, 0.717) is 13.0 Å². The monoisotopic (exact) mass is 458 g/mol. The molecule has 0 unspecified atom stereocenters. The Kier molecular flexibility index (Phi) is 9.23. The fraction of sp³-hybridized carbons (Fsp3) is 0.458. The summed E-state index contributed by atoms with van der Waals surface area (Å²) in [5.41, 5.74) is 4.89. The van der Waals surface area contributed by atoms with Crippen molar-refractivity contribution >= 4 is 15.9 Å². The summed E-state index contributed by atoms with van der Waals surface area (Å²) in [4.78, 5) is 19.0. The molecule has 7 nitrogen and oxygen atoms in total. The minimum absolute atomic E-state index is 0.0235. The summed E-state index contributed by atoms with van der Waals surface area (Å²) in [5, 5.41) is 0. The van der Waals surface area contributed by atoms with Crippen molar-refractivity contribution in [2.24, 2.45) is 0 Å². The number of amides is 1. The van der Waals surface area contributed by atoms with Gasteiger partial charge in [0.15, 0.2) is 0 Å². The van der Waals surface area contributed by atoms with E-state index in [2.05, 4.69) is 68.6 Å². The molecule has 1 aliphatic rings. The van der Waals surface area contributed by atoms with E-state index < -0.39 is 10.0 Å². The second-order valence-corrected chi connectivity index (χ2v) is 10.0. The second kappa shape index (κ2) is 12.1. The number of nitrogens with one attached hydrogen (secondary N) is 2. The van der Waals surface area contributed by atoms with Gasteiger partial charge in [0.25, 0.3) is 0 Å². The zero-order valence-electron chi connectivity index (χ0n) is 18.7. The first-order valence-corrected chi connectivity index (χ1v) is 13.0. The van der Waals surface area contributed by atoms with E-state index >= 15 is 0 Å². The molecular formula is C24H34N4O3S. The maximum atomic E-state index is 12.1. The number of hydrazine groups is 1. The van der Waals surface area contributed by atoms with Crippen LogP contribution in [0, 0.1) is 0 Å². The van der Waals surface area contributed by atoms with Crippen molar-refractivity contribution in [2.45, 2.75) is 32.2 Å². The highest BCUT2D eigenvalue weighted by molar-refractivity contribution is 7.89. The van der Waals surface area contributed by atoms with Gasteiger partial charge in [0.2, 0.25) is 15.9 Å². The van der Waals surface area contributed by atoms with Crippen LogP contribution in [0.5, 0.6) is 0 Å². The third-order valence-corrected chi connectivity index (χ3v) is 7.01. The van der Waals surface area contributed by atoms with Crippen LogP contribution < -0.4 is 10.3 Å². The second-order valence-electron chi connectivity index (χ2n) is 8.17. The van der Waals surface area contributed by atoms with Crippen LogP contribution in [0.1, 0.15) is 43.4 Å². The van der Waals surface area contributed by atoms with Crippen LogP contribution in [0.25, 0.3) is 0 Å². The van der Waals surface area contributed by atoms with E-state index in [1.165, 1.54) is 11.1 Å². The Morgan fingerprint density at radius 3 is 2.03 bits per heavy atom. The van der Waals surface area contributed by atoms with Crippen molar-refractivity contribution in [3.05, 3.63) is 71.8 Å². The lowest BCUT2D eigenvalue weighted by Crippen LogP contribution is -2.49. The molecule has 8 heteroatoms. The van der Waals surface area contributed by atoms with E-state index in [9.17, 15) is 13.2 Å². The average molecular weight is 459 g/mol. The van der Waals surface area contributed by atoms with Crippen LogP contribution in [-0.2, 0) is 14.8 Å². The molecule has 32 heavy (non-hydrogen) atoms. The molecule has 1 fully saturated rings. The number of unbranched alkanes of at least 4 members (excludes halogenated alkanes) is 1. The van der Waals surface area contributed by atoms with Crippen molar-refractivity contribution in [1.82, 2.24) is 20.1 Å². The number of benzene rings is 2. The van der Waals surface area contributed by atoms with Gasteiger partial charge in [0.05, 0.1) is 11.8 Å². The van der Waals surface area contributed by atoms with Gasteiger partial charge in [-0.05, 0) is 17.5 Å². The first kappa shape index (κ1) is 24.4. The van der Waals surface area contributed by atoms with Crippen LogP contribution in [0.2, 0.25) is 0 Å². The molecule has 2 N–H and O–H groups in total. The first-order chi connectivity index (χ1) is 15.5. The molecule has 2 aromatic carbocycles. The SMILES string of the molecule is CCCCS(=O)(=O)NNC(=O)CCN1CCN(C(c2ccccc2)c2ccccc2)CC1. The van der Waals surface area contributed by atoms with Crippen molar-refractivity contribution in [2.75, 3.05) is 38.5 Å². The summed E-state index contributed by atoms with van der Waals surface area (Å²) >= 11 is 0. The van der Waals surface area contributed by atoms with Gasteiger partial charge in [-0.1, -0.05) is 74.0 Å². The van der Waals surface area contributed by atoms with Crippen molar-refractivity contribution in [3.8, 4) is 0 Å². The van der Waals surface area contributed by atoms with Crippen LogP contribution in [-0.4, -0.2) is 62.6 Å². The number of hydrogen-bond acceptors (Lipinski definition) is 5. The van der Waals surface area contributed by atoms with Gasteiger partial charge < -0.3 is 4.90 Å². The summed E-state index contributed by atoms with van der Waals surface area (Å²) < 4.78 is 23.6. The third-order valence-electron chi connectivity index (χ3n) is 5.77. The summed E-state index contributed by atoms with van der Waals surface area (Å²) in [7, 11) is -3.45. The molecule has 1 amide bonds. The molecule has 1 saturated heterocycles. The molecule has 0 spiro atoms. The molecule has 1 aliphatic heterocycles. The standard InChI is InChI=1S/C24H34N4O3S/c1-2-3-20-32(30,31)26-25-23(29)14-15-27-16-18-28(19-17-27)24(21-10-6-4-7-11-21)22-12-8-5-9-13-22/h4-13,24,26H,2-3,14-20H2,1H3,(H,25,29). The van der Waals surface area contributed by atoms with Gasteiger partial charge >= 0.3 is 0 Å². The van der Waals surface area contributed by atoms with Crippen molar-refractivity contribution < 1.29 is 13.2 Å². The number of piperazine rings is 1. The quantitative estimate of drug-likeness (QED) is 0.506. The van der Waals surface area contributed by atoms with Gasteiger partial charge in [-0.3, -0.25) is 15.1 Å². The summed E-state index contributed by atoms with van der Waals surface area (Å²) in [5.74, 6) is -0.283. The van der Waals surface area contributed by atoms with E-state index in [0.717, 1.165) is 32.6 Å². The average Bonchev–Trinajstić information content (AvgIpc) is 2.83. The summed E-state index contributed by atoms with van der Waals surface area (Å²) in [6, 6.07) is 21.3. The Balaban J connectivity index is 1.49. The topological polar surface area (TPSA) is 81.8 Å². The molecule has 1 heterocycles. The lowest BCUT2D eigenvalue weighted by Gasteiger charge is -2.39. The molecule has 2 aromatic rings. The largest absolute Gasteiger partial charge is 0.300 e. The number of rotatable bonds is 11. The van der Waals surface area contributed by atoms with E-state index in [1.54, 1.807) is 0 Å². The molecule has 0 bridgehead atoms. The zero-order valence-corrected chi connectivity index (χ0v) is 19.6. The van der Waals surface area contributed by atoms with Gasteiger partial charge in [-0.25, -0.2) is 8.42 Å². The van der Waals surface area contributed by atoms with Crippen LogP contribution >= 0.6 is 0 Å². The lowest BCUT2D eigenvalue weighted by molar-refractivity contribution is -0.122. The number of nitrogens with zero attached hydrogens (tertiary/aromatic N) is 2. The molecule has 174 valence electrons. The molecule has 0 saturated carbocycles. The maximum absolute atomic E-state index is 12.1. The van der Waals surface area contributed by atoms with E-state index in [4.69, 9.17) is 0 Å². The highest BCUT2D eigenvalue weighted by atomic mass is 32.2. The number of hydrogen-bond donors (Lipinski definition) is 2. The Labute approximate surface area is 191 Å². The van der Waals surface area contributed by atoms with E-state index in [1.807, 2.05) is 19.1 Å². The fourth-order valence-electron chi connectivity index (χ4n) is 3.97. The lowest BCUT2D eigenvalue weighted by atomic mass is 9.96. The molecule has 0 atom stereocenters. The minimum atomic E-state index is -3.45. The van der Waals surface area contributed by atoms with Gasteiger partial charge in [-0.2, -0.15) is 0 Å². The fourth-order valence-corrected chi connectivity index (χ4v) is 5.01. The Bertz CT molecular complexity index is 891. The van der Waals surface area contributed by atoms with Crippen molar-refractivity contribution in [3.63, 3.8) is 0 Å². The number of carbonyl (C=O) groups excluding carboxylic acids is 1. The normalized spacial score (nSPS) is 15.7. The number of sulfonamides is 1. The highest BCUT2D eigenvalue weighted by Gasteiger charge is 2.26. The Hall–Kier alpha value is -2.26. The van der Waals surface area contributed by atoms with Gasteiger partial charge in [0, 0.05) is 39.1 Å². The molecule has 0 aromatic heterocycles. The molecule has 0 radical (unpaired) electrons. The molecular weight excluding hydrogens is 424 g/mol. The zero-order chi connectivity index (χ0) is 22.8. The number of carbonyl (C=O) groups is 1. The summed E-state index contributed by atoms with van der Waals surface area (Å²) in [6.07, 6.45) is 1.62.